The van der Waals surface area contributed by atoms with Crippen LogP contribution in [0, 0.1) is 6.92 Å². The van der Waals surface area contributed by atoms with Crippen molar-refractivity contribution in [2.75, 3.05) is 26.7 Å². The molecule has 22 heavy (non-hydrogen) atoms. The second-order valence-electron chi connectivity index (χ2n) is 5.31. The Labute approximate surface area is 147 Å². The first kappa shape index (κ1) is 16.8. The van der Waals surface area contributed by atoms with Gasteiger partial charge < -0.3 is 14.6 Å². The molecule has 0 fully saturated rings. The summed E-state index contributed by atoms with van der Waals surface area (Å²) in [6, 6.07) is 8.19. The number of hydrogen-bond donors (Lipinski definition) is 1. The highest BCUT2D eigenvalue weighted by molar-refractivity contribution is 14.0. The molecule has 1 N–H and O–H groups in total. The number of halogens is 1. The summed E-state index contributed by atoms with van der Waals surface area (Å²) in [6.07, 6.45) is 2.55. The Morgan fingerprint density at radius 3 is 2.73 bits per heavy atom. The summed E-state index contributed by atoms with van der Waals surface area (Å²) >= 11 is 0. The number of aryl methyl sites for hydroxylation is 1. The van der Waals surface area contributed by atoms with Gasteiger partial charge in [0.05, 0.1) is 12.2 Å². The van der Waals surface area contributed by atoms with Crippen LogP contribution in [0.2, 0.25) is 0 Å². The number of hydrogen-bond acceptors (Lipinski definition) is 5. The van der Waals surface area contributed by atoms with Gasteiger partial charge in [-0.1, -0.05) is 17.7 Å². The minimum atomic E-state index is 0. The second kappa shape index (κ2) is 7.62. The number of nitrogens with one attached hydrogen (secondary N) is 1. The molecular formula is C16H21IN4O. The molecule has 0 saturated heterocycles. The molecule has 0 radical (unpaired) electrons. The smallest absolute Gasteiger partial charge is 0.226 e. The first-order valence-electron chi connectivity index (χ1n) is 7.23. The monoisotopic (exact) mass is 412 g/mol. The van der Waals surface area contributed by atoms with Gasteiger partial charge in [0.2, 0.25) is 5.89 Å². The van der Waals surface area contributed by atoms with Crippen molar-refractivity contribution in [3.8, 4) is 11.5 Å². The summed E-state index contributed by atoms with van der Waals surface area (Å²) in [5.41, 5.74) is 3.20. The third kappa shape index (κ3) is 4.00. The maximum absolute atomic E-state index is 5.55. The maximum Gasteiger partial charge on any atom is 0.226 e. The van der Waals surface area contributed by atoms with E-state index in [9.17, 15) is 0 Å². The Hall–Kier alpha value is -1.57. The Balaban J connectivity index is 0.00000176. The van der Waals surface area contributed by atoms with Crippen LogP contribution in [0.5, 0.6) is 0 Å². The lowest BCUT2D eigenvalue weighted by Gasteiger charge is -2.14. The van der Waals surface area contributed by atoms with Crippen LogP contribution in [0.15, 0.2) is 39.9 Å². The first-order chi connectivity index (χ1) is 10.2. The molecule has 0 aliphatic carbocycles. The molecule has 118 valence electrons. The standard InChI is InChI=1S/C16H20N4O.HI/c1-12-3-5-13(6-4-12)15-19-14(11-21-15)7-8-17-16-18-9-10-20(16)2;/h3-6,11H,7-10H2,1-2H3,(H,17,18);1H. The zero-order valence-electron chi connectivity index (χ0n) is 12.9. The van der Waals surface area contributed by atoms with Crippen molar-refractivity contribution < 1.29 is 4.42 Å². The van der Waals surface area contributed by atoms with Crippen LogP contribution in [0.3, 0.4) is 0 Å². The summed E-state index contributed by atoms with van der Waals surface area (Å²) in [6.45, 7) is 4.74. The number of aromatic nitrogens is 1. The highest BCUT2D eigenvalue weighted by Crippen LogP contribution is 2.19. The van der Waals surface area contributed by atoms with E-state index in [0.717, 1.165) is 43.3 Å². The van der Waals surface area contributed by atoms with Crippen molar-refractivity contribution >= 4 is 29.9 Å². The first-order valence-corrected chi connectivity index (χ1v) is 7.23. The molecule has 0 amide bonds. The molecular weight excluding hydrogens is 391 g/mol. The second-order valence-corrected chi connectivity index (χ2v) is 5.31. The van der Waals surface area contributed by atoms with Crippen LogP contribution in [-0.4, -0.2) is 42.5 Å². The van der Waals surface area contributed by atoms with Gasteiger partial charge in [-0.2, -0.15) is 0 Å². The van der Waals surface area contributed by atoms with Gasteiger partial charge >= 0.3 is 0 Å². The van der Waals surface area contributed by atoms with Gasteiger partial charge in [0.15, 0.2) is 5.96 Å². The summed E-state index contributed by atoms with van der Waals surface area (Å²) in [7, 11) is 2.05. The Morgan fingerprint density at radius 1 is 1.27 bits per heavy atom. The number of benzene rings is 1. The largest absolute Gasteiger partial charge is 0.444 e. The van der Waals surface area contributed by atoms with Crippen LogP contribution >= 0.6 is 24.0 Å². The third-order valence-corrected chi connectivity index (χ3v) is 3.57. The molecule has 0 unspecified atom stereocenters. The fourth-order valence-corrected chi connectivity index (χ4v) is 2.28. The summed E-state index contributed by atoms with van der Waals surface area (Å²) < 4.78 is 5.55. The fourth-order valence-electron chi connectivity index (χ4n) is 2.28. The molecule has 1 aliphatic heterocycles. The molecule has 2 heterocycles. The van der Waals surface area contributed by atoms with Crippen LogP contribution in [0.25, 0.3) is 11.5 Å². The quantitative estimate of drug-likeness (QED) is 0.785. The average molecular weight is 412 g/mol. The van der Waals surface area contributed by atoms with E-state index in [1.807, 2.05) is 19.2 Å². The van der Waals surface area contributed by atoms with Gasteiger partial charge in [-0.05, 0) is 19.1 Å². The molecule has 1 aromatic carbocycles. The lowest BCUT2D eigenvalue weighted by molar-refractivity contribution is 0.534. The lowest BCUT2D eigenvalue weighted by Crippen LogP contribution is -2.36. The third-order valence-electron chi connectivity index (χ3n) is 3.57. The predicted octanol–water partition coefficient (Wildman–Crippen LogP) is 2.70. The molecule has 1 aromatic heterocycles. The van der Waals surface area contributed by atoms with Gasteiger partial charge in [-0.25, -0.2) is 4.98 Å². The van der Waals surface area contributed by atoms with Crippen molar-refractivity contribution in [1.29, 1.82) is 0 Å². The lowest BCUT2D eigenvalue weighted by atomic mass is 10.1. The van der Waals surface area contributed by atoms with E-state index in [1.54, 1.807) is 6.26 Å². The van der Waals surface area contributed by atoms with Gasteiger partial charge in [-0.3, -0.25) is 4.99 Å². The SMILES string of the molecule is Cc1ccc(-c2nc(CCNC3=NCCN3C)co2)cc1.I. The normalized spacial score (nSPS) is 13.7. The molecule has 5 nitrogen and oxygen atoms in total. The molecule has 1 aliphatic rings. The van der Waals surface area contributed by atoms with E-state index in [-0.39, 0.29) is 24.0 Å². The van der Waals surface area contributed by atoms with Gasteiger partial charge in [0, 0.05) is 32.1 Å². The number of rotatable bonds is 4. The van der Waals surface area contributed by atoms with E-state index < -0.39 is 0 Å². The van der Waals surface area contributed by atoms with Crippen molar-refractivity contribution in [3.63, 3.8) is 0 Å². The van der Waals surface area contributed by atoms with E-state index in [1.165, 1.54) is 5.56 Å². The summed E-state index contributed by atoms with van der Waals surface area (Å²) in [4.78, 5) is 11.1. The maximum atomic E-state index is 5.55. The average Bonchev–Trinajstić information content (AvgIpc) is 3.10. The number of oxazole rings is 1. The van der Waals surface area contributed by atoms with Crippen LogP contribution < -0.4 is 5.32 Å². The Kier molecular flexibility index (Phi) is 5.82. The molecule has 0 saturated carbocycles. The van der Waals surface area contributed by atoms with Crippen molar-refractivity contribution in [2.24, 2.45) is 4.99 Å². The molecule has 2 aromatic rings. The highest BCUT2D eigenvalue weighted by Gasteiger charge is 2.12. The minimum absolute atomic E-state index is 0. The van der Waals surface area contributed by atoms with Crippen LogP contribution in [0.1, 0.15) is 11.3 Å². The van der Waals surface area contributed by atoms with Gasteiger partial charge in [0.25, 0.3) is 0 Å². The van der Waals surface area contributed by atoms with Crippen molar-refractivity contribution in [1.82, 2.24) is 15.2 Å². The van der Waals surface area contributed by atoms with Gasteiger partial charge in [0.1, 0.15) is 6.26 Å². The van der Waals surface area contributed by atoms with E-state index in [4.69, 9.17) is 4.42 Å². The van der Waals surface area contributed by atoms with E-state index in [0.29, 0.717) is 5.89 Å². The minimum Gasteiger partial charge on any atom is -0.444 e. The number of likely N-dealkylation sites (N-methyl/N-ethyl adjacent to an activating group) is 1. The molecule has 0 bridgehead atoms. The van der Waals surface area contributed by atoms with E-state index >= 15 is 0 Å². The molecule has 0 atom stereocenters. The number of guanidine groups is 1. The molecule has 6 heteroatoms. The summed E-state index contributed by atoms with van der Waals surface area (Å²) in [5, 5.41) is 3.33. The van der Waals surface area contributed by atoms with E-state index in [2.05, 4.69) is 39.2 Å². The zero-order chi connectivity index (χ0) is 14.7. The highest BCUT2D eigenvalue weighted by atomic mass is 127. The predicted molar refractivity (Wildman–Crippen MR) is 98.7 cm³/mol. The zero-order valence-corrected chi connectivity index (χ0v) is 15.2. The van der Waals surface area contributed by atoms with Gasteiger partial charge in [-0.15, -0.1) is 24.0 Å². The summed E-state index contributed by atoms with van der Waals surface area (Å²) in [5.74, 6) is 1.65. The molecule has 0 spiro atoms. The Morgan fingerprint density at radius 2 is 2.05 bits per heavy atom. The number of aliphatic imine (C=N–C) groups is 1. The number of nitrogens with zero attached hydrogens (tertiary/aromatic N) is 3. The Bertz CT molecular complexity index is 636. The molecule has 3 rings (SSSR count). The topological polar surface area (TPSA) is 53.7 Å². The fraction of sp³-hybridized carbons (Fsp3) is 0.375. The van der Waals surface area contributed by atoms with Crippen molar-refractivity contribution in [2.45, 2.75) is 13.3 Å². The van der Waals surface area contributed by atoms with Crippen molar-refractivity contribution in [3.05, 3.63) is 41.8 Å². The van der Waals surface area contributed by atoms with Crippen LogP contribution in [0.4, 0.5) is 0 Å². The van der Waals surface area contributed by atoms with Crippen LogP contribution in [-0.2, 0) is 6.42 Å².